The van der Waals surface area contributed by atoms with Crippen LogP contribution in [0, 0.1) is 17.3 Å². The Bertz CT molecular complexity index is 299. The molecule has 0 saturated carbocycles. The Morgan fingerprint density at radius 1 is 1.00 bits per heavy atom. The van der Waals surface area contributed by atoms with Gasteiger partial charge in [-0.2, -0.15) is 0 Å². The van der Waals surface area contributed by atoms with Gasteiger partial charge in [0, 0.05) is 18.4 Å². The monoisotopic (exact) mass is 297 g/mol. The first-order valence-electron chi connectivity index (χ1n) is 8.74. The Morgan fingerprint density at radius 3 is 2.05 bits per heavy atom. The predicted octanol–water partition coefficient (Wildman–Crippen LogP) is 5.34. The average Bonchev–Trinajstić information content (AvgIpc) is 2.25. The van der Waals surface area contributed by atoms with Crippen molar-refractivity contribution >= 4 is 5.78 Å². The molecule has 0 aliphatic rings. The highest BCUT2D eigenvalue weighted by atomic mass is 16.1. The topological polar surface area (TPSA) is 43.1 Å². The van der Waals surface area contributed by atoms with E-state index in [9.17, 15) is 4.79 Å². The van der Waals surface area contributed by atoms with E-state index < -0.39 is 0 Å². The molecule has 2 heteroatoms. The van der Waals surface area contributed by atoms with Crippen molar-refractivity contribution in [2.24, 2.45) is 23.0 Å². The summed E-state index contributed by atoms with van der Waals surface area (Å²) in [5.41, 5.74) is 6.02. The number of unbranched alkanes of at least 4 members (excludes halogenated alkanes) is 2. The molecule has 0 aliphatic heterocycles. The molecule has 126 valence electrons. The van der Waals surface area contributed by atoms with Gasteiger partial charge in [-0.15, -0.1) is 0 Å². The van der Waals surface area contributed by atoms with Gasteiger partial charge in [-0.05, 0) is 50.4 Å². The molecular formula is C19H39NO. The fourth-order valence-corrected chi connectivity index (χ4v) is 2.88. The molecule has 0 heterocycles. The van der Waals surface area contributed by atoms with Gasteiger partial charge in [0.15, 0.2) is 0 Å². The van der Waals surface area contributed by atoms with E-state index in [-0.39, 0.29) is 11.0 Å². The van der Waals surface area contributed by atoms with E-state index in [1.54, 1.807) is 0 Å². The second-order valence-electron chi connectivity index (χ2n) is 8.78. The minimum atomic E-state index is -0.0712. The van der Waals surface area contributed by atoms with Crippen LogP contribution in [0.2, 0.25) is 0 Å². The summed E-state index contributed by atoms with van der Waals surface area (Å²) in [7, 11) is 0. The number of hydrogen-bond donors (Lipinski definition) is 1. The maximum absolute atomic E-state index is 12.2. The number of hydrogen-bond acceptors (Lipinski definition) is 2. The summed E-state index contributed by atoms with van der Waals surface area (Å²) in [6.07, 6.45) is 6.97. The first-order chi connectivity index (χ1) is 9.44. The van der Waals surface area contributed by atoms with Crippen molar-refractivity contribution < 1.29 is 4.79 Å². The maximum Gasteiger partial charge on any atom is 0.133 e. The second kappa shape index (κ2) is 8.92. The average molecular weight is 298 g/mol. The number of Topliss-reactive ketones (excluding diaryl/α,β-unsaturated/α-hetero) is 1. The SMILES string of the molecule is CC(C)CC(C)C(C)(C)CC(=O)CCCCCC(C)(C)N. The quantitative estimate of drug-likeness (QED) is 0.523. The summed E-state index contributed by atoms with van der Waals surface area (Å²) in [4.78, 5) is 12.2. The van der Waals surface area contributed by atoms with Gasteiger partial charge in [-0.25, -0.2) is 0 Å². The zero-order valence-corrected chi connectivity index (χ0v) is 15.6. The Hall–Kier alpha value is -0.370. The van der Waals surface area contributed by atoms with E-state index in [4.69, 9.17) is 5.73 Å². The number of carbonyl (C=O) groups is 1. The minimum absolute atomic E-state index is 0.0712. The van der Waals surface area contributed by atoms with E-state index in [2.05, 4.69) is 48.5 Å². The van der Waals surface area contributed by atoms with Gasteiger partial charge < -0.3 is 5.73 Å². The highest BCUT2D eigenvalue weighted by Crippen LogP contribution is 2.35. The van der Waals surface area contributed by atoms with Crippen molar-refractivity contribution in [3.05, 3.63) is 0 Å². The van der Waals surface area contributed by atoms with Crippen LogP contribution in [0.5, 0.6) is 0 Å². The number of carbonyl (C=O) groups excluding carboxylic acids is 1. The largest absolute Gasteiger partial charge is 0.326 e. The number of ketones is 1. The van der Waals surface area contributed by atoms with Crippen LogP contribution < -0.4 is 5.73 Å². The molecule has 1 unspecified atom stereocenters. The fourth-order valence-electron chi connectivity index (χ4n) is 2.88. The van der Waals surface area contributed by atoms with Crippen LogP contribution in [0.3, 0.4) is 0 Å². The van der Waals surface area contributed by atoms with Gasteiger partial charge in [-0.3, -0.25) is 4.79 Å². The van der Waals surface area contributed by atoms with Gasteiger partial charge in [0.1, 0.15) is 5.78 Å². The summed E-state index contributed by atoms with van der Waals surface area (Å²) in [6, 6.07) is 0. The van der Waals surface area contributed by atoms with E-state index in [1.807, 2.05) is 0 Å². The van der Waals surface area contributed by atoms with Crippen LogP contribution in [0.25, 0.3) is 0 Å². The van der Waals surface area contributed by atoms with Crippen molar-refractivity contribution in [2.75, 3.05) is 0 Å². The van der Waals surface area contributed by atoms with Gasteiger partial charge in [0.2, 0.25) is 0 Å². The number of nitrogens with two attached hydrogens (primary N) is 1. The Balaban J connectivity index is 3.97. The minimum Gasteiger partial charge on any atom is -0.326 e. The molecule has 0 amide bonds. The highest BCUT2D eigenvalue weighted by molar-refractivity contribution is 5.79. The van der Waals surface area contributed by atoms with Crippen LogP contribution in [0.4, 0.5) is 0 Å². The molecule has 2 N–H and O–H groups in total. The van der Waals surface area contributed by atoms with Gasteiger partial charge in [0.25, 0.3) is 0 Å². The normalized spacial score (nSPS) is 14.5. The third-order valence-electron chi connectivity index (χ3n) is 4.59. The van der Waals surface area contributed by atoms with E-state index >= 15 is 0 Å². The molecule has 0 radical (unpaired) electrons. The van der Waals surface area contributed by atoms with E-state index in [0.717, 1.165) is 38.5 Å². The van der Waals surface area contributed by atoms with Gasteiger partial charge in [-0.1, -0.05) is 47.5 Å². The maximum atomic E-state index is 12.2. The summed E-state index contributed by atoms with van der Waals surface area (Å²) >= 11 is 0. The standard InChI is InChI=1S/C19H39NO/c1-15(2)13-16(3)18(4,5)14-17(21)11-9-8-10-12-19(6,7)20/h15-16H,8-14,20H2,1-7H3. The molecule has 0 saturated heterocycles. The van der Waals surface area contributed by atoms with E-state index in [0.29, 0.717) is 17.6 Å². The highest BCUT2D eigenvalue weighted by Gasteiger charge is 2.28. The van der Waals surface area contributed by atoms with Crippen LogP contribution in [0.1, 0.15) is 93.4 Å². The molecule has 0 spiro atoms. The van der Waals surface area contributed by atoms with Crippen molar-refractivity contribution in [1.29, 1.82) is 0 Å². The molecule has 0 rings (SSSR count). The lowest BCUT2D eigenvalue weighted by atomic mass is 9.72. The Morgan fingerprint density at radius 2 is 1.57 bits per heavy atom. The first kappa shape index (κ1) is 20.6. The lowest BCUT2D eigenvalue weighted by Crippen LogP contribution is -2.31. The second-order valence-corrected chi connectivity index (χ2v) is 8.78. The molecular weight excluding hydrogens is 258 g/mol. The van der Waals surface area contributed by atoms with Crippen LogP contribution in [-0.4, -0.2) is 11.3 Å². The van der Waals surface area contributed by atoms with Crippen LogP contribution in [0.15, 0.2) is 0 Å². The summed E-state index contributed by atoms with van der Waals surface area (Å²) in [5.74, 6) is 1.73. The van der Waals surface area contributed by atoms with Gasteiger partial charge >= 0.3 is 0 Å². The van der Waals surface area contributed by atoms with Gasteiger partial charge in [0.05, 0.1) is 0 Å². The van der Waals surface area contributed by atoms with Crippen LogP contribution >= 0.6 is 0 Å². The number of rotatable bonds is 11. The Labute approximate surface area is 133 Å². The molecule has 0 bridgehead atoms. The Kier molecular flexibility index (Phi) is 8.77. The zero-order chi connectivity index (χ0) is 16.7. The lowest BCUT2D eigenvalue weighted by Gasteiger charge is -2.32. The third-order valence-corrected chi connectivity index (χ3v) is 4.59. The summed E-state index contributed by atoms with van der Waals surface area (Å²) < 4.78 is 0. The third kappa shape index (κ3) is 10.9. The molecule has 0 aromatic heterocycles. The molecule has 0 aliphatic carbocycles. The smallest absolute Gasteiger partial charge is 0.133 e. The predicted molar refractivity (Wildman–Crippen MR) is 93.4 cm³/mol. The fraction of sp³-hybridized carbons (Fsp3) is 0.947. The molecule has 0 aromatic carbocycles. The molecule has 21 heavy (non-hydrogen) atoms. The summed E-state index contributed by atoms with van der Waals surface area (Å²) in [6.45, 7) is 15.4. The van der Waals surface area contributed by atoms with Crippen LogP contribution in [-0.2, 0) is 4.79 Å². The first-order valence-corrected chi connectivity index (χ1v) is 8.74. The molecule has 0 aromatic rings. The summed E-state index contributed by atoms with van der Waals surface area (Å²) in [5, 5.41) is 0. The zero-order valence-electron chi connectivity index (χ0n) is 15.6. The molecule has 1 atom stereocenters. The molecule has 0 fully saturated rings. The van der Waals surface area contributed by atoms with Crippen molar-refractivity contribution in [3.63, 3.8) is 0 Å². The van der Waals surface area contributed by atoms with Crippen molar-refractivity contribution in [1.82, 2.24) is 0 Å². The molecule has 2 nitrogen and oxygen atoms in total. The van der Waals surface area contributed by atoms with Crippen molar-refractivity contribution in [2.45, 2.75) is 99.0 Å². The lowest BCUT2D eigenvalue weighted by molar-refractivity contribution is -0.121. The van der Waals surface area contributed by atoms with Crippen molar-refractivity contribution in [3.8, 4) is 0 Å². The van der Waals surface area contributed by atoms with E-state index in [1.165, 1.54) is 6.42 Å².